The number of carbonyl (C=O) groups is 2. The molecule has 0 spiro atoms. The predicted octanol–water partition coefficient (Wildman–Crippen LogP) is 2.21. The molecule has 9 nitrogen and oxygen atoms in total. The van der Waals surface area contributed by atoms with E-state index in [4.69, 9.17) is 0 Å². The van der Waals surface area contributed by atoms with Crippen LogP contribution in [0.2, 0.25) is 0 Å². The number of hydrogen-bond acceptors (Lipinski definition) is 7. The molecule has 1 aliphatic carbocycles. The molecule has 1 aromatic heterocycles. The fraction of sp³-hybridized carbons (Fsp3) is 0.526. The maximum atomic E-state index is 12.6. The second-order valence-corrected chi connectivity index (χ2v) is 7.34. The van der Waals surface area contributed by atoms with Crippen LogP contribution in [0.15, 0.2) is 18.2 Å². The number of nitrogens with zero attached hydrogens (tertiary/aromatic N) is 4. The predicted molar refractivity (Wildman–Crippen MR) is 103 cm³/mol. The summed E-state index contributed by atoms with van der Waals surface area (Å²) in [6.45, 7) is 1.87. The van der Waals surface area contributed by atoms with Gasteiger partial charge in [0.15, 0.2) is 0 Å². The number of aryl methyl sites for hydroxylation is 1. The van der Waals surface area contributed by atoms with Crippen molar-refractivity contribution < 1.29 is 14.8 Å². The van der Waals surface area contributed by atoms with Gasteiger partial charge in [0, 0.05) is 0 Å². The van der Waals surface area contributed by atoms with Crippen molar-refractivity contribution in [2.24, 2.45) is 11.8 Å². The number of nitrogens with one attached hydrogen (secondary N) is 2. The minimum atomic E-state index is -0.529. The van der Waals surface area contributed by atoms with Gasteiger partial charge in [0.1, 0.15) is 5.52 Å². The number of hydroxylamine groups is 2. The quantitative estimate of drug-likeness (QED) is 0.343. The number of rotatable bonds is 9. The summed E-state index contributed by atoms with van der Waals surface area (Å²) >= 11 is 0. The Kier molecular flexibility index (Phi) is 6.70. The molecular formula is C19H26N6O3. The van der Waals surface area contributed by atoms with E-state index in [1.807, 2.05) is 25.1 Å². The maximum absolute atomic E-state index is 12.6. The monoisotopic (exact) mass is 386 g/mol. The van der Waals surface area contributed by atoms with Gasteiger partial charge >= 0.3 is 0 Å². The molecule has 1 aromatic carbocycles. The SMILES string of the molecule is Cc1cccc2nnc(NNC(=O)C(CCC3CCCC3)CN(O)C=O)nc12. The second kappa shape index (κ2) is 9.41. The standard InChI is InChI=1S/C19H26N6O3/c1-13-5-4-8-16-17(13)20-19(23-21-16)24-22-18(27)15(11-25(28)12-26)10-9-14-6-2-3-7-14/h4-5,8,12,14-15,28H,2-3,6-7,9-11H2,1H3,(H,22,27)(H,20,23,24). The molecule has 2 amide bonds. The summed E-state index contributed by atoms with van der Waals surface area (Å²) in [4.78, 5) is 27.7. The molecule has 0 aliphatic heterocycles. The van der Waals surface area contributed by atoms with E-state index in [0.29, 0.717) is 34.8 Å². The van der Waals surface area contributed by atoms with Crippen LogP contribution in [0.25, 0.3) is 11.0 Å². The molecule has 3 rings (SSSR count). The molecule has 9 heteroatoms. The zero-order valence-corrected chi connectivity index (χ0v) is 16.0. The average Bonchev–Trinajstić information content (AvgIpc) is 3.23. The third-order valence-corrected chi connectivity index (χ3v) is 5.28. The molecule has 1 heterocycles. The van der Waals surface area contributed by atoms with Crippen molar-refractivity contribution >= 4 is 29.3 Å². The van der Waals surface area contributed by atoms with Crippen molar-refractivity contribution in [2.45, 2.75) is 45.4 Å². The fourth-order valence-electron chi connectivity index (χ4n) is 3.68. The van der Waals surface area contributed by atoms with Gasteiger partial charge in [-0.1, -0.05) is 37.8 Å². The fourth-order valence-corrected chi connectivity index (χ4v) is 3.68. The number of hydrogen-bond donors (Lipinski definition) is 3. The van der Waals surface area contributed by atoms with E-state index < -0.39 is 5.92 Å². The maximum Gasteiger partial charge on any atom is 0.262 e. The van der Waals surface area contributed by atoms with E-state index in [1.54, 1.807) is 0 Å². The number of carbonyl (C=O) groups excluding carboxylic acids is 2. The second-order valence-electron chi connectivity index (χ2n) is 7.34. The summed E-state index contributed by atoms with van der Waals surface area (Å²) in [7, 11) is 0. The Labute approximate surface area is 163 Å². The van der Waals surface area contributed by atoms with Crippen molar-refractivity contribution in [3.63, 3.8) is 0 Å². The highest BCUT2D eigenvalue weighted by atomic mass is 16.5. The third kappa shape index (κ3) is 5.13. The van der Waals surface area contributed by atoms with E-state index in [9.17, 15) is 14.8 Å². The highest BCUT2D eigenvalue weighted by Crippen LogP contribution is 2.30. The Morgan fingerprint density at radius 1 is 1.36 bits per heavy atom. The molecule has 2 aromatic rings. The minimum absolute atomic E-state index is 0.0559. The molecule has 1 saturated carbocycles. The minimum Gasteiger partial charge on any atom is -0.286 e. The largest absolute Gasteiger partial charge is 0.286 e. The summed E-state index contributed by atoms with van der Waals surface area (Å²) < 4.78 is 0. The summed E-state index contributed by atoms with van der Waals surface area (Å²) in [5.41, 5.74) is 7.61. The lowest BCUT2D eigenvalue weighted by atomic mass is 9.94. The number of benzene rings is 1. The van der Waals surface area contributed by atoms with Crippen LogP contribution in [0.4, 0.5) is 5.95 Å². The van der Waals surface area contributed by atoms with Crippen LogP contribution < -0.4 is 10.9 Å². The summed E-state index contributed by atoms with van der Waals surface area (Å²) in [6, 6.07) is 5.62. The van der Waals surface area contributed by atoms with Crippen LogP contribution >= 0.6 is 0 Å². The molecule has 1 atom stereocenters. The van der Waals surface area contributed by atoms with Gasteiger partial charge in [-0.2, -0.15) is 0 Å². The highest BCUT2D eigenvalue weighted by Gasteiger charge is 2.24. The van der Waals surface area contributed by atoms with Gasteiger partial charge in [-0.15, -0.1) is 10.2 Å². The van der Waals surface area contributed by atoms with E-state index >= 15 is 0 Å². The van der Waals surface area contributed by atoms with Gasteiger partial charge < -0.3 is 0 Å². The van der Waals surface area contributed by atoms with Crippen molar-refractivity contribution in [3.8, 4) is 0 Å². The first-order valence-corrected chi connectivity index (χ1v) is 9.63. The van der Waals surface area contributed by atoms with Crippen molar-refractivity contribution in [1.82, 2.24) is 25.7 Å². The molecular weight excluding hydrogens is 360 g/mol. The van der Waals surface area contributed by atoms with Gasteiger partial charge in [0.25, 0.3) is 5.95 Å². The molecule has 150 valence electrons. The first-order valence-electron chi connectivity index (χ1n) is 9.63. The van der Waals surface area contributed by atoms with Crippen LogP contribution in [0.1, 0.15) is 44.1 Å². The number of anilines is 1. The molecule has 0 saturated heterocycles. The van der Waals surface area contributed by atoms with E-state index in [2.05, 4.69) is 26.0 Å². The van der Waals surface area contributed by atoms with Gasteiger partial charge in [-0.3, -0.25) is 25.6 Å². The molecule has 0 bridgehead atoms. The molecule has 1 unspecified atom stereocenters. The molecule has 3 N–H and O–H groups in total. The van der Waals surface area contributed by atoms with Crippen LogP contribution in [-0.4, -0.2) is 44.3 Å². The van der Waals surface area contributed by atoms with Crippen LogP contribution in [0.3, 0.4) is 0 Å². The average molecular weight is 386 g/mol. The lowest BCUT2D eigenvalue weighted by Crippen LogP contribution is -2.40. The summed E-state index contributed by atoms with van der Waals surface area (Å²) in [5, 5.41) is 18.1. The lowest BCUT2D eigenvalue weighted by molar-refractivity contribution is -0.154. The Bertz CT molecular complexity index is 824. The van der Waals surface area contributed by atoms with Gasteiger partial charge in [0.05, 0.1) is 18.0 Å². The van der Waals surface area contributed by atoms with Gasteiger partial charge in [-0.25, -0.2) is 10.0 Å². The topological polar surface area (TPSA) is 120 Å². The van der Waals surface area contributed by atoms with E-state index in [0.717, 1.165) is 12.0 Å². The smallest absolute Gasteiger partial charge is 0.262 e. The van der Waals surface area contributed by atoms with Crippen molar-refractivity contribution in [1.29, 1.82) is 0 Å². The highest BCUT2D eigenvalue weighted by molar-refractivity contribution is 5.81. The van der Waals surface area contributed by atoms with E-state index in [1.165, 1.54) is 25.7 Å². The number of hydrazine groups is 1. The summed E-state index contributed by atoms with van der Waals surface area (Å²) in [6.07, 6.45) is 6.63. The lowest BCUT2D eigenvalue weighted by Gasteiger charge is -2.21. The molecule has 1 fully saturated rings. The van der Waals surface area contributed by atoms with Crippen LogP contribution in [0, 0.1) is 18.8 Å². The van der Waals surface area contributed by atoms with Gasteiger partial charge in [-0.05, 0) is 37.3 Å². The van der Waals surface area contributed by atoms with Gasteiger partial charge in [0.2, 0.25) is 12.3 Å². The number of amides is 2. The molecule has 0 radical (unpaired) electrons. The first-order chi connectivity index (χ1) is 13.6. The molecule has 1 aliphatic rings. The van der Waals surface area contributed by atoms with Crippen LogP contribution in [0.5, 0.6) is 0 Å². The Morgan fingerprint density at radius 3 is 2.89 bits per heavy atom. The van der Waals surface area contributed by atoms with Crippen LogP contribution in [-0.2, 0) is 9.59 Å². The zero-order valence-electron chi connectivity index (χ0n) is 16.0. The number of para-hydroxylation sites is 1. The van der Waals surface area contributed by atoms with Crippen molar-refractivity contribution in [2.75, 3.05) is 12.0 Å². The van der Waals surface area contributed by atoms with E-state index in [-0.39, 0.29) is 18.4 Å². The third-order valence-electron chi connectivity index (χ3n) is 5.28. The van der Waals surface area contributed by atoms with Crippen molar-refractivity contribution in [3.05, 3.63) is 23.8 Å². The molecule has 28 heavy (non-hydrogen) atoms. The Hall–Kier alpha value is -2.81. The zero-order chi connectivity index (χ0) is 19.9. The Balaban J connectivity index is 1.61. The number of fused-ring (bicyclic) bond motifs is 1. The summed E-state index contributed by atoms with van der Waals surface area (Å²) in [5.74, 6) is -0.0607. The Morgan fingerprint density at radius 2 is 2.14 bits per heavy atom. The first kappa shape index (κ1) is 19.9. The number of aromatic nitrogens is 3. The normalized spacial score (nSPS) is 15.4.